The molecule has 100 valence electrons. The molecule has 5 heteroatoms. The van der Waals surface area contributed by atoms with Crippen molar-refractivity contribution in [3.63, 3.8) is 0 Å². The van der Waals surface area contributed by atoms with Crippen LogP contribution < -0.4 is 0 Å². The van der Waals surface area contributed by atoms with E-state index in [2.05, 4.69) is 0 Å². The first kappa shape index (κ1) is 13.1. The predicted octanol–water partition coefficient (Wildman–Crippen LogP) is 1.52. The van der Waals surface area contributed by atoms with E-state index in [0.29, 0.717) is 19.4 Å². The summed E-state index contributed by atoms with van der Waals surface area (Å²) in [6.07, 6.45) is 0.642. The van der Waals surface area contributed by atoms with E-state index in [1.54, 1.807) is 0 Å². The van der Waals surface area contributed by atoms with E-state index in [4.69, 9.17) is 9.47 Å². The molecule has 2 rings (SSSR count). The molecular weight excluding hydrogens is 236 g/mol. The van der Waals surface area contributed by atoms with E-state index in [1.807, 2.05) is 13.8 Å². The summed E-state index contributed by atoms with van der Waals surface area (Å²) < 4.78 is 10.3. The van der Waals surface area contributed by atoms with Crippen LogP contribution in [0.3, 0.4) is 0 Å². The molecule has 0 aromatic heterocycles. The summed E-state index contributed by atoms with van der Waals surface area (Å²) in [5, 5.41) is 9.97. The Hall–Kier alpha value is -1.36. The van der Waals surface area contributed by atoms with Crippen LogP contribution in [0.1, 0.15) is 33.1 Å². The van der Waals surface area contributed by atoms with Crippen LogP contribution in [0.2, 0.25) is 0 Å². The van der Waals surface area contributed by atoms with Crippen molar-refractivity contribution in [3.05, 3.63) is 11.3 Å². The Labute approximate surface area is 106 Å². The van der Waals surface area contributed by atoms with Gasteiger partial charge in [0.05, 0.1) is 0 Å². The smallest absolute Gasteiger partial charge is 0.346 e. The minimum Gasteiger partial charge on any atom is -0.508 e. The maximum absolute atomic E-state index is 12.0. The highest BCUT2D eigenvalue weighted by molar-refractivity contribution is 6.23. The van der Waals surface area contributed by atoms with Gasteiger partial charge < -0.3 is 14.6 Å². The molecule has 2 atom stereocenters. The SMILES string of the molecule is CC(C)CC1OC(=O)C(=C(O)C2CCCO2)C1=O. The number of esters is 1. The third-order valence-corrected chi connectivity index (χ3v) is 3.17. The number of cyclic esters (lactones) is 1. The number of Topliss-reactive ketones (excluding diaryl/α,β-unsaturated/α-hetero) is 1. The molecule has 2 aliphatic heterocycles. The van der Waals surface area contributed by atoms with Crippen molar-refractivity contribution in [1.29, 1.82) is 0 Å². The van der Waals surface area contributed by atoms with Crippen molar-refractivity contribution >= 4 is 11.8 Å². The Morgan fingerprint density at radius 2 is 2.17 bits per heavy atom. The predicted molar refractivity (Wildman–Crippen MR) is 63.0 cm³/mol. The van der Waals surface area contributed by atoms with Gasteiger partial charge in [0.25, 0.3) is 0 Å². The molecule has 0 spiro atoms. The van der Waals surface area contributed by atoms with Gasteiger partial charge in [-0.25, -0.2) is 4.79 Å². The number of ketones is 1. The minimum atomic E-state index is -0.754. The first-order valence-electron chi connectivity index (χ1n) is 6.30. The van der Waals surface area contributed by atoms with Crippen LogP contribution >= 0.6 is 0 Å². The maximum Gasteiger partial charge on any atom is 0.346 e. The number of aliphatic hydroxyl groups excluding tert-OH is 1. The molecule has 0 saturated carbocycles. The van der Waals surface area contributed by atoms with Crippen molar-refractivity contribution in [2.45, 2.75) is 45.3 Å². The van der Waals surface area contributed by atoms with Crippen LogP contribution in [0.5, 0.6) is 0 Å². The Morgan fingerprint density at radius 3 is 2.72 bits per heavy atom. The van der Waals surface area contributed by atoms with E-state index in [-0.39, 0.29) is 17.3 Å². The van der Waals surface area contributed by atoms with Gasteiger partial charge >= 0.3 is 5.97 Å². The highest BCUT2D eigenvalue weighted by atomic mass is 16.6. The minimum absolute atomic E-state index is 0.215. The second kappa shape index (κ2) is 5.10. The van der Waals surface area contributed by atoms with Gasteiger partial charge in [-0.3, -0.25) is 4.79 Å². The Balaban J connectivity index is 2.20. The highest BCUT2D eigenvalue weighted by Crippen LogP contribution is 2.28. The summed E-state index contributed by atoms with van der Waals surface area (Å²) in [5.74, 6) is -1.15. The molecule has 1 N–H and O–H groups in total. The molecule has 18 heavy (non-hydrogen) atoms. The molecule has 0 amide bonds. The fourth-order valence-corrected chi connectivity index (χ4v) is 2.27. The first-order valence-corrected chi connectivity index (χ1v) is 6.30. The number of hydrogen-bond acceptors (Lipinski definition) is 5. The third-order valence-electron chi connectivity index (χ3n) is 3.17. The third kappa shape index (κ3) is 2.41. The monoisotopic (exact) mass is 254 g/mol. The Kier molecular flexibility index (Phi) is 3.71. The van der Waals surface area contributed by atoms with Crippen LogP contribution in [-0.2, 0) is 19.1 Å². The fraction of sp³-hybridized carbons (Fsp3) is 0.692. The van der Waals surface area contributed by atoms with E-state index < -0.39 is 24.0 Å². The van der Waals surface area contributed by atoms with E-state index >= 15 is 0 Å². The largest absolute Gasteiger partial charge is 0.508 e. The number of carbonyl (C=O) groups is 2. The summed E-state index contributed by atoms with van der Waals surface area (Å²) in [4.78, 5) is 23.7. The average molecular weight is 254 g/mol. The normalized spacial score (nSPS) is 31.1. The average Bonchev–Trinajstić information content (AvgIpc) is 2.87. The molecule has 2 aliphatic rings. The first-order chi connectivity index (χ1) is 8.50. The molecule has 0 aromatic carbocycles. The number of aliphatic hydroxyl groups is 1. The zero-order valence-electron chi connectivity index (χ0n) is 10.6. The van der Waals surface area contributed by atoms with Crippen LogP contribution in [0.15, 0.2) is 11.3 Å². The van der Waals surface area contributed by atoms with E-state index in [0.717, 1.165) is 6.42 Å². The Bertz CT molecular complexity index is 390. The number of ether oxygens (including phenoxy) is 2. The number of hydrogen-bond donors (Lipinski definition) is 1. The van der Waals surface area contributed by atoms with Gasteiger partial charge in [0.2, 0.25) is 5.78 Å². The zero-order valence-corrected chi connectivity index (χ0v) is 10.6. The van der Waals surface area contributed by atoms with Crippen LogP contribution in [0.4, 0.5) is 0 Å². The van der Waals surface area contributed by atoms with E-state index in [1.165, 1.54) is 0 Å². The topological polar surface area (TPSA) is 72.8 Å². The summed E-state index contributed by atoms with van der Waals surface area (Å²) in [5.41, 5.74) is -0.215. The van der Waals surface area contributed by atoms with Gasteiger partial charge in [0, 0.05) is 6.61 Å². The fourth-order valence-electron chi connectivity index (χ4n) is 2.27. The van der Waals surface area contributed by atoms with Crippen LogP contribution in [0, 0.1) is 5.92 Å². The summed E-state index contributed by atoms with van der Waals surface area (Å²) in [6, 6.07) is 0. The van der Waals surface area contributed by atoms with Crippen molar-refractivity contribution in [1.82, 2.24) is 0 Å². The lowest BCUT2D eigenvalue weighted by Gasteiger charge is -2.10. The summed E-state index contributed by atoms with van der Waals surface area (Å²) in [6.45, 7) is 4.44. The van der Waals surface area contributed by atoms with Gasteiger partial charge in [-0.05, 0) is 25.2 Å². The van der Waals surface area contributed by atoms with Gasteiger partial charge in [0.15, 0.2) is 6.10 Å². The number of carbonyl (C=O) groups excluding carboxylic acids is 2. The lowest BCUT2D eigenvalue weighted by Crippen LogP contribution is -2.20. The van der Waals surface area contributed by atoms with Gasteiger partial charge in [0.1, 0.15) is 17.4 Å². The van der Waals surface area contributed by atoms with Crippen molar-refractivity contribution in [2.75, 3.05) is 6.61 Å². The maximum atomic E-state index is 12.0. The molecule has 2 saturated heterocycles. The second-order valence-corrected chi connectivity index (χ2v) is 5.15. The Morgan fingerprint density at radius 1 is 1.44 bits per heavy atom. The van der Waals surface area contributed by atoms with Crippen LogP contribution in [0.25, 0.3) is 0 Å². The molecule has 0 aliphatic carbocycles. The quantitative estimate of drug-likeness (QED) is 0.358. The molecule has 2 heterocycles. The molecule has 0 radical (unpaired) electrons. The van der Waals surface area contributed by atoms with Gasteiger partial charge in [-0.2, -0.15) is 0 Å². The second-order valence-electron chi connectivity index (χ2n) is 5.15. The zero-order chi connectivity index (χ0) is 13.3. The summed E-state index contributed by atoms with van der Waals surface area (Å²) in [7, 11) is 0. The van der Waals surface area contributed by atoms with Crippen molar-refractivity contribution in [2.24, 2.45) is 5.92 Å². The standard InChI is InChI=1S/C13H18O5/c1-7(2)6-9-12(15)10(13(16)18-9)11(14)8-4-3-5-17-8/h7-9,14H,3-6H2,1-2H3. The van der Waals surface area contributed by atoms with E-state index in [9.17, 15) is 14.7 Å². The summed E-state index contributed by atoms with van der Waals surface area (Å²) >= 11 is 0. The van der Waals surface area contributed by atoms with Gasteiger partial charge in [-0.15, -0.1) is 0 Å². The van der Waals surface area contributed by atoms with Crippen molar-refractivity contribution in [3.8, 4) is 0 Å². The molecule has 2 unspecified atom stereocenters. The van der Waals surface area contributed by atoms with Crippen molar-refractivity contribution < 1.29 is 24.2 Å². The molecule has 0 aromatic rings. The molecular formula is C13H18O5. The number of rotatable bonds is 3. The lowest BCUT2D eigenvalue weighted by molar-refractivity contribution is -0.141. The lowest BCUT2D eigenvalue weighted by atomic mass is 9.99. The molecule has 0 bridgehead atoms. The van der Waals surface area contributed by atoms with Crippen LogP contribution in [-0.4, -0.2) is 35.7 Å². The molecule has 2 fully saturated rings. The van der Waals surface area contributed by atoms with Gasteiger partial charge in [-0.1, -0.05) is 13.8 Å². The molecule has 5 nitrogen and oxygen atoms in total. The highest BCUT2D eigenvalue weighted by Gasteiger charge is 2.42.